The Morgan fingerprint density at radius 1 is 0.623 bits per heavy atom. The highest BCUT2D eigenvalue weighted by molar-refractivity contribution is 6.21. The molecule has 278 valence electrons. The molecule has 11 nitrogen and oxygen atoms in total. The van der Waals surface area contributed by atoms with Crippen LogP contribution in [0.5, 0.6) is 0 Å². The summed E-state index contributed by atoms with van der Waals surface area (Å²) in [5.74, 6) is -0.534. The van der Waals surface area contributed by atoms with Crippen molar-refractivity contribution in [1.82, 2.24) is 16.0 Å². The molecule has 53 heavy (non-hydrogen) atoms. The zero-order valence-corrected chi connectivity index (χ0v) is 30.4. The Bertz CT molecular complexity index is 1690. The van der Waals surface area contributed by atoms with E-state index in [0.29, 0.717) is 19.3 Å². The maximum absolute atomic E-state index is 13.6. The van der Waals surface area contributed by atoms with E-state index in [1.54, 1.807) is 0 Å². The van der Waals surface area contributed by atoms with Crippen molar-refractivity contribution in [2.45, 2.75) is 63.8 Å². The Hall–Kier alpha value is -5.68. The third kappa shape index (κ3) is 15.2. The predicted molar refractivity (Wildman–Crippen MR) is 203 cm³/mol. The summed E-state index contributed by atoms with van der Waals surface area (Å²) in [4.78, 5) is 55.9. The first kappa shape index (κ1) is 40.1. The number of carbonyl (C=O) groups is 4. The third-order valence-corrected chi connectivity index (χ3v) is 8.75. The van der Waals surface area contributed by atoms with Crippen molar-refractivity contribution in [2.75, 3.05) is 6.54 Å². The molecular formula is C41H45ClN4O7. The van der Waals surface area contributed by atoms with Crippen molar-refractivity contribution in [2.24, 2.45) is 10.9 Å². The molecule has 0 saturated carbocycles. The summed E-state index contributed by atoms with van der Waals surface area (Å²) in [6.07, 6.45) is -0.980. The van der Waals surface area contributed by atoms with Crippen LogP contribution in [-0.4, -0.2) is 42.6 Å². The van der Waals surface area contributed by atoms with Crippen molar-refractivity contribution in [3.8, 4) is 0 Å². The van der Waals surface area contributed by atoms with Gasteiger partial charge in [0.2, 0.25) is 5.96 Å². The topological polar surface area (TPSA) is 144 Å². The van der Waals surface area contributed by atoms with Gasteiger partial charge in [0.15, 0.2) is 5.78 Å². The summed E-state index contributed by atoms with van der Waals surface area (Å²) in [6, 6.07) is 36.2. The molecule has 4 rings (SSSR count). The second kappa shape index (κ2) is 22.3. The molecule has 12 heteroatoms. The lowest BCUT2D eigenvalue weighted by Gasteiger charge is -2.22. The minimum atomic E-state index is -0.832. The molecule has 0 aliphatic heterocycles. The van der Waals surface area contributed by atoms with Gasteiger partial charge in [-0.25, -0.2) is 14.4 Å². The molecule has 0 fully saturated rings. The number of ketones is 1. The number of nitrogens with zero attached hydrogens (tertiary/aromatic N) is 1. The maximum Gasteiger partial charge on any atom is 0.414 e. The minimum Gasteiger partial charge on any atom is -0.445 e. The van der Waals surface area contributed by atoms with Gasteiger partial charge in [-0.3, -0.25) is 20.4 Å². The molecule has 3 N–H and O–H groups in total. The standard InChI is InChI=1S/C41H45ClN4O7/c1-30(37(42)34-22-12-5-13-23-34)26-36(47)35(44-39(48)51-27-31-16-6-2-7-17-31)24-14-15-25-43-38(45-40(49)52-28-32-18-8-3-9-19-32)46-41(50)53-29-33-20-10-4-11-21-33/h2-13,16-23,30,35,37H,14-15,24-29H2,1H3,(H,44,48)(H2,43,45,46,49,50)/t30-,35+,37?/m1/s1. The largest absolute Gasteiger partial charge is 0.445 e. The third-order valence-electron chi connectivity index (χ3n) is 8.07. The second-order valence-corrected chi connectivity index (χ2v) is 12.8. The molecule has 3 amide bonds. The number of hydrogen-bond donors (Lipinski definition) is 3. The van der Waals surface area contributed by atoms with E-state index in [1.165, 1.54) is 0 Å². The van der Waals surface area contributed by atoms with Crippen molar-refractivity contribution >= 4 is 41.6 Å². The first-order valence-corrected chi connectivity index (χ1v) is 17.9. The molecule has 0 saturated heterocycles. The Kier molecular flexibility index (Phi) is 16.9. The lowest BCUT2D eigenvalue weighted by atomic mass is 9.92. The van der Waals surface area contributed by atoms with Gasteiger partial charge >= 0.3 is 18.3 Å². The van der Waals surface area contributed by atoms with Crippen molar-refractivity contribution in [1.29, 1.82) is 0 Å². The Labute approximate surface area is 315 Å². The number of aliphatic imine (C=N–C) groups is 1. The van der Waals surface area contributed by atoms with Crippen LogP contribution in [0.3, 0.4) is 0 Å². The van der Waals surface area contributed by atoms with Crippen LogP contribution in [0.15, 0.2) is 126 Å². The van der Waals surface area contributed by atoms with Gasteiger partial charge in [0.25, 0.3) is 0 Å². The van der Waals surface area contributed by atoms with Crippen LogP contribution in [0.4, 0.5) is 14.4 Å². The number of alkyl halides is 1. The number of hydrogen-bond acceptors (Lipinski definition) is 8. The van der Waals surface area contributed by atoms with Gasteiger partial charge < -0.3 is 19.5 Å². The minimum absolute atomic E-state index is 0.0169. The number of benzene rings is 4. The average Bonchev–Trinajstić information content (AvgIpc) is 3.19. The zero-order chi connectivity index (χ0) is 37.7. The van der Waals surface area contributed by atoms with E-state index in [2.05, 4.69) is 20.9 Å². The lowest BCUT2D eigenvalue weighted by molar-refractivity contribution is -0.122. The molecule has 4 aromatic carbocycles. The first-order valence-electron chi connectivity index (χ1n) is 17.5. The fraction of sp³-hybridized carbons (Fsp3) is 0.293. The lowest BCUT2D eigenvalue weighted by Crippen LogP contribution is -2.44. The van der Waals surface area contributed by atoms with Gasteiger partial charge in [-0.05, 0) is 47.4 Å². The fourth-order valence-corrected chi connectivity index (χ4v) is 5.46. The van der Waals surface area contributed by atoms with Gasteiger partial charge in [0, 0.05) is 13.0 Å². The predicted octanol–water partition coefficient (Wildman–Crippen LogP) is 8.24. The number of ether oxygens (including phenoxy) is 3. The highest BCUT2D eigenvalue weighted by Gasteiger charge is 2.26. The van der Waals surface area contributed by atoms with E-state index < -0.39 is 29.7 Å². The highest BCUT2D eigenvalue weighted by atomic mass is 35.5. The number of nitrogens with one attached hydrogen (secondary N) is 3. The summed E-state index contributed by atoms with van der Waals surface area (Å²) in [5, 5.41) is 7.29. The van der Waals surface area contributed by atoms with E-state index >= 15 is 0 Å². The van der Waals surface area contributed by atoms with Crippen LogP contribution in [0.25, 0.3) is 0 Å². The molecule has 0 bridgehead atoms. The van der Waals surface area contributed by atoms with Crippen LogP contribution in [-0.2, 0) is 38.8 Å². The SMILES string of the molecule is C[C@H](CC(=O)[C@H](CCCCN=C(NC(=O)OCc1ccccc1)NC(=O)OCc1ccccc1)NC(=O)OCc1ccccc1)C(Cl)c1ccccc1. The van der Waals surface area contributed by atoms with Gasteiger partial charge in [-0.15, -0.1) is 11.6 Å². The molecule has 0 spiro atoms. The summed E-state index contributed by atoms with van der Waals surface area (Å²) >= 11 is 6.72. The quantitative estimate of drug-likeness (QED) is 0.0325. The number of Topliss-reactive ketones (excluding diaryl/α,β-unsaturated/α-hetero) is 1. The molecule has 0 radical (unpaired) electrons. The van der Waals surface area contributed by atoms with Gasteiger partial charge in [0.1, 0.15) is 19.8 Å². The van der Waals surface area contributed by atoms with E-state index in [1.807, 2.05) is 128 Å². The Morgan fingerprint density at radius 2 is 1.06 bits per heavy atom. The van der Waals surface area contributed by atoms with Gasteiger partial charge in [-0.1, -0.05) is 128 Å². The van der Waals surface area contributed by atoms with Crippen LogP contribution in [0, 0.1) is 5.92 Å². The summed E-state index contributed by atoms with van der Waals surface area (Å²) in [7, 11) is 0. The number of amides is 3. The van der Waals surface area contributed by atoms with Crippen molar-refractivity contribution in [3.05, 3.63) is 144 Å². The summed E-state index contributed by atoms with van der Waals surface area (Å²) in [5.41, 5.74) is 3.30. The molecule has 1 unspecified atom stereocenters. The maximum atomic E-state index is 13.6. The number of alkyl carbamates (subject to hydrolysis) is 3. The molecule has 0 heterocycles. The molecule has 4 aromatic rings. The summed E-state index contributed by atoms with van der Waals surface area (Å²) < 4.78 is 16.0. The zero-order valence-electron chi connectivity index (χ0n) is 29.6. The molecule has 0 aromatic heterocycles. The van der Waals surface area contributed by atoms with Gasteiger partial charge in [-0.2, -0.15) is 0 Å². The average molecular weight is 741 g/mol. The Balaban J connectivity index is 1.35. The summed E-state index contributed by atoms with van der Waals surface area (Å²) in [6.45, 7) is 2.16. The Morgan fingerprint density at radius 3 is 1.53 bits per heavy atom. The normalized spacial score (nSPS) is 12.3. The number of halogens is 1. The van der Waals surface area contributed by atoms with Crippen LogP contribution >= 0.6 is 11.6 Å². The van der Waals surface area contributed by atoms with Crippen LogP contribution in [0.1, 0.15) is 60.2 Å². The smallest absolute Gasteiger partial charge is 0.414 e. The van der Waals surface area contributed by atoms with E-state index in [0.717, 1.165) is 22.3 Å². The van der Waals surface area contributed by atoms with Gasteiger partial charge in [0.05, 0.1) is 11.4 Å². The molecule has 0 aliphatic rings. The highest BCUT2D eigenvalue weighted by Crippen LogP contribution is 2.31. The fourth-order valence-electron chi connectivity index (χ4n) is 5.22. The van der Waals surface area contributed by atoms with Crippen molar-refractivity contribution in [3.63, 3.8) is 0 Å². The van der Waals surface area contributed by atoms with E-state index in [4.69, 9.17) is 25.8 Å². The van der Waals surface area contributed by atoms with Crippen LogP contribution < -0.4 is 16.0 Å². The van der Waals surface area contributed by atoms with Crippen molar-refractivity contribution < 1.29 is 33.4 Å². The molecule has 3 atom stereocenters. The molecular weight excluding hydrogens is 696 g/mol. The first-order chi connectivity index (χ1) is 25.8. The number of guanidine groups is 1. The number of carbonyl (C=O) groups excluding carboxylic acids is 4. The van der Waals surface area contributed by atoms with Crippen LogP contribution in [0.2, 0.25) is 0 Å². The number of unbranched alkanes of at least 4 members (excludes halogenated alkanes) is 1. The second-order valence-electron chi connectivity index (χ2n) is 12.3. The number of rotatable bonds is 17. The monoisotopic (exact) mass is 740 g/mol. The van der Waals surface area contributed by atoms with E-state index in [-0.39, 0.29) is 50.4 Å². The van der Waals surface area contributed by atoms with E-state index in [9.17, 15) is 19.2 Å². The molecule has 0 aliphatic carbocycles.